The molecule has 2 amide bonds. The number of nitrogens with zero attached hydrogens (tertiary/aromatic N) is 5. The zero-order valence-corrected chi connectivity index (χ0v) is 25.1. The topological polar surface area (TPSA) is 107 Å². The molecule has 4 rings (SSSR count). The Morgan fingerprint density at radius 3 is 2.50 bits per heavy atom. The molecule has 42 heavy (non-hydrogen) atoms. The van der Waals surface area contributed by atoms with Crippen LogP contribution in [-0.2, 0) is 36.9 Å². The highest BCUT2D eigenvalue weighted by Crippen LogP contribution is 2.29. The van der Waals surface area contributed by atoms with E-state index in [0.29, 0.717) is 31.8 Å². The van der Waals surface area contributed by atoms with Gasteiger partial charge in [0.15, 0.2) is 6.04 Å². The Bertz CT molecular complexity index is 1080. The molecule has 2 fully saturated rings. The molecule has 1 aliphatic carbocycles. The molecule has 0 unspecified atom stereocenters. The van der Waals surface area contributed by atoms with Crippen LogP contribution in [0.15, 0.2) is 42.7 Å². The van der Waals surface area contributed by atoms with Gasteiger partial charge in [0.1, 0.15) is 6.54 Å². The number of unbranched alkanes of at least 4 members (excludes halogenated alkanes) is 1. The van der Waals surface area contributed by atoms with Gasteiger partial charge in [-0.2, -0.15) is 0 Å². The van der Waals surface area contributed by atoms with Gasteiger partial charge in [0.2, 0.25) is 12.2 Å². The number of hydrogen-bond acceptors (Lipinski definition) is 7. The Labute approximate surface area is 249 Å². The summed E-state index contributed by atoms with van der Waals surface area (Å²) in [6.07, 6.45) is 15.0. The molecular weight excluding hydrogens is 534 g/mol. The van der Waals surface area contributed by atoms with E-state index in [-0.39, 0.29) is 31.3 Å². The lowest BCUT2D eigenvalue weighted by Crippen LogP contribution is -2.58. The zero-order chi connectivity index (χ0) is 29.6. The molecule has 230 valence electrons. The highest BCUT2D eigenvalue weighted by Gasteiger charge is 2.38. The van der Waals surface area contributed by atoms with E-state index in [1.807, 2.05) is 37.3 Å². The summed E-state index contributed by atoms with van der Waals surface area (Å²) in [7, 11) is 0. The summed E-state index contributed by atoms with van der Waals surface area (Å²) in [4.78, 5) is 41.9. The van der Waals surface area contributed by atoms with Crippen molar-refractivity contribution in [3.8, 4) is 0 Å². The first kappa shape index (κ1) is 31.7. The minimum atomic E-state index is -0.938. The molecule has 10 nitrogen and oxygen atoms in total. The number of ether oxygens (including phenoxy) is 2. The summed E-state index contributed by atoms with van der Waals surface area (Å²) < 4.78 is 13.1. The lowest BCUT2D eigenvalue weighted by atomic mass is 9.85. The van der Waals surface area contributed by atoms with E-state index in [1.54, 1.807) is 6.20 Å². The van der Waals surface area contributed by atoms with Crippen molar-refractivity contribution >= 4 is 17.8 Å². The molecule has 2 aromatic rings. The highest BCUT2D eigenvalue weighted by atomic mass is 16.7. The standard InChI is InChI=1S/C32H47N5O5/c1-2-3-19-29(38)37(36(24-27-15-8-5-9-16-27)30(39)25-35-22-21-33-34-35)28(18-12-17-26-13-6-4-7-14-26)32(40)42-31-20-10-11-23-41-31/h5,8-9,15-16,21-22,26,28,31H,2-4,6-7,10-14,17-20,23-25H2,1H3/t28-,31+/m0/s1. The van der Waals surface area contributed by atoms with E-state index in [1.165, 1.54) is 53.0 Å². The third kappa shape index (κ3) is 9.64. The van der Waals surface area contributed by atoms with Crippen LogP contribution < -0.4 is 0 Å². The fourth-order valence-electron chi connectivity index (χ4n) is 5.93. The molecular formula is C32H47N5O5. The first-order chi connectivity index (χ1) is 20.5. The first-order valence-electron chi connectivity index (χ1n) is 15.9. The second-order valence-electron chi connectivity index (χ2n) is 11.6. The van der Waals surface area contributed by atoms with Gasteiger partial charge in [0.05, 0.1) is 19.3 Å². The van der Waals surface area contributed by atoms with Gasteiger partial charge >= 0.3 is 5.97 Å². The Morgan fingerprint density at radius 1 is 1.02 bits per heavy atom. The Hall–Kier alpha value is -3.27. The second-order valence-corrected chi connectivity index (χ2v) is 11.6. The maximum Gasteiger partial charge on any atom is 0.333 e. The van der Waals surface area contributed by atoms with Crippen LogP contribution >= 0.6 is 0 Å². The third-order valence-corrected chi connectivity index (χ3v) is 8.26. The quantitative estimate of drug-likeness (QED) is 0.216. The van der Waals surface area contributed by atoms with Gasteiger partial charge in [-0.15, -0.1) is 5.10 Å². The van der Waals surface area contributed by atoms with E-state index < -0.39 is 18.3 Å². The summed E-state index contributed by atoms with van der Waals surface area (Å²) in [6.45, 7) is 2.59. The van der Waals surface area contributed by atoms with Crippen LogP contribution in [-0.4, -0.2) is 61.7 Å². The molecule has 10 heteroatoms. The van der Waals surface area contributed by atoms with Crippen molar-refractivity contribution < 1.29 is 23.9 Å². The number of benzene rings is 1. The molecule has 1 aromatic carbocycles. The fourth-order valence-corrected chi connectivity index (χ4v) is 5.93. The van der Waals surface area contributed by atoms with E-state index in [9.17, 15) is 14.4 Å². The molecule has 2 atom stereocenters. The third-order valence-electron chi connectivity index (χ3n) is 8.26. The second kappa shape index (κ2) is 17.0. The Morgan fingerprint density at radius 2 is 1.81 bits per heavy atom. The number of rotatable bonds is 14. The van der Waals surface area contributed by atoms with E-state index in [4.69, 9.17) is 9.47 Å². The maximum atomic E-state index is 14.0. The molecule has 0 spiro atoms. The Balaban J connectivity index is 1.64. The van der Waals surface area contributed by atoms with E-state index >= 15 is 0 Å². The number of carbonyl (C=O) groups is 3. The fraction of sp³-hybridized carbons (Fsp3) is 0.656. The maximum absolute atomic E-state index is 14.0. The number of hydrogen-bond donors (Lipinski definition) is 0. The van der Waals surface area contributed by atoms with Crippen molar-refractivity contribution in [2.24, 2.45) is 5.92 Å². The lowest BCUT2D eigenvalue weighted by Gasteiger charge is -2.40. The number of aromatic nitrogens is 3. The van der Waals surface area contributed by atoms with E-state index in [2.05, 4.69) is 10.3 Å². The van der Waals surface area contributed by atoms with E-state index in [0.717, 1.165) is 37.7 Å². The number of carbonyl (C=O) groups excluding carboxylic acids is 3. The predicted molar refractivity (Wildman–Crippen MR) is 157 cm³/mol. The summed E-state index contributed by atoms with van der Waals surface area (Å²) >= 11 is 0. The molecule has 1 aliphatic heterocycles. The van der Waals surface area contributed by atoms with Crippen molar-refractivity contribution in [3.63, 3.8) is 0 Å². The van der Waals surface area contributed by atoms with Crippen LogP contribution in [0.25, 0.3) is 0 Å². The largest absolute Gasteiger partial charge is 0.434 e. The van der Waals surface area contributed by atoms with Crippen LogP contribution in [0.4, 0.5) is 0 Å². The van der Waals surface area contributed by atoms with Crippen LogP contribution in [0.3, 0.4) is 0 Å². The molecule has 0 radical (unpaired) electrons. The lowest BCUT2D eigenvalue weighted by molar-refractivity contribution is -0.202. The average molecular weight is 582 g/mol. The van der Waals surface area contributed by atoms with Gasteiger partial charge in [0, 0.05) is 19.0 Å². The van der Waals surface area contributed by atoms with Crippen molar-refractivity contribution in [3.05, 3.63) is 48.3 Å². The first-order valence-corrected chi connectivity index (χ1v) is 15.9. The van der Waals surface area contributed by atoms with Crippen molar-refractivity contribution in [2.75, 3.05) is 6.61 Å². The van der Waals surface area contributed by atoms with Crippen molar-refractivity contribution in [2.45, 2.75) is 122 Å². The average Bonchev–Trinajstić information content (AvgIpc) is 3.53. The molecule has 0 bridgehead atoms. The van der Waals surface area contributed by atoms with Gasteiger partial charge in [-0.1, -0.05) is 93.8 Å². The van der Waals surface area contributed by atoms with Gasteiger partial charge in [-0.3, -0.25) is 9.59 Å². The molecule has 0 N–H and O–H groups in total. The van der Waals surface area contributed by atoms with Gasteiger partial charge in [-0.25, -0.2) is 19.5 Å². The smallest absolute Gasteiger partial charge is 0.333 e. The summed E-state index contributed by atoms with van der Waals surface area (Å²) in [5.74, 6) is -0.491. The molecule has 2 aliphatic rings. The molecule has 2 heterocycles. The number of amides is 2. The summed E-state index contributed by atoms with van der Waals surface area (Å²) in [5.41, 5.74) is 0.850. The minimum Gasteiger partial charge on any atom is -0.434 e. The monoisotopic (exact) mass is 581 g/mol. The minimum absolute atomic E-state index is 0.111. The zero-order valence-electron chi connectivity index (χ0n) is 25.1. The normalized spacial score (nSPS) is 18.3. The van der Waals surface area contributed by atoms with Gasteiger partial charge in [-0.05, 0) is 37.2 Å². The number of hydrazine groups is 1. The number of esters is 1. The molecule has 1 saturated heterocycles. The van der Waals surface area contributed by atoms with Gasteiger partial charge < -0.3 is 9.47 Å². The molecule has 1 saturated carbocycles. The summed E-state index contributed by atoms with van der Waals surface area (Å²) in [5, 5.41) is 10.6. The van der Waals surface area contributed by atoms with Gasteiger partial charge in [0.25, 0.3) is 5.91 Å². The summed E-state index contributed by atoms with van der Waals surface area (Å²) in [6, 6.07) is 8.59. The highest BCUT2D eigenvalue weighted by molar-refractivity contribution is 5.87. The van der Waals surface area contributed by atoms with Crippen LogP contribution in [0.5, 0.6) is 0 Å². The van der Waals surface area contributed by atoms with Crippen LogP contribution in [0.1, 0.15) is 102 Å². The van der Waals surface area contributed by atoms with Crippen LogP contribution in [0.2, 0.25) is 0 Å². The van der Waals surface area contributed by atoms with Crippen molar-refractivity contribution in [1.82, 2.24) is 25.0 Å². The van der Waals surface area contributed by atoms with Crippen molar-refractivity contribution in [1.29, 1.82) is 0 Å². The van der Waals surface area contributed by atoms with Crippen LogP contribution in [0, 0.1) is 5.92 Å². The Kier molecular flexibility index (Phi) is 12.8. The SMILES string of the molecule is CCCCC(=O)N([C@@H](CCCC1CCCCC1)C(=O)O[C@@H]1CCCCO1)N(Cc1ccccc1)C(=O)Cn1ccnn1. The predicted octanol–water partition coefficient (Wildman–Crippen LogP) is 5.43. The molecule has 1 aromatic heterocycles.